The third-order valence-electron chi connectivity index (χ3n) is 2.15. The van der Waals surface area contributed by atoms with Gasteiger partial charge >= 0.3 is 0 Å². The molecular weight excluding hydrogens is 218 g/mol. The molecule has 1 N–H and O–H groups in total. The Kier molecular flexibility index (Phi) is 8.28. The highest BCUT2D eigenvalue weighted by Crippen LogP contribution is 2.07. The van der Waals surface area contributed by atoms with Crippen LogP contribution in [0.2, 0.25) is 0 Å². The first-order valence-corrected chi connectivity index (χ1v) is 5.88. The molecule has 0 unspecified atom stereocenters. The number of para-hydroxylation sites is 1. The number of nitrogens with one attached hydrogen (secondary N) is 1. The summed E-state index contributed by atoms with van der Waals surface area (Å²) >= 11 is 0. The molecule has 4 heteroatoms. The van der Waals surface area contributed by atoms with Crippen molar-refractivity contribution in [2.45, 2.75) is 0 Å². The number of ether oxygens (including phenoxy) is 3. The molecule has 1 aromatic carbocycles. The van der Waals surface area contributed by atoms with Crippen molar-refractivity contribution in [3.05, 3.63) is 30.3 Å². The molecule has 0 aliphatic carbocycles. The van der Waals surface area contributed by atoms with E-state index in [4.69, 9.17) is 14.2 Å². The van der Waals surface area contributed by atoms with Crippen LogP contribution in [-0.2, 0) is 9.47 Å². The Labute approximate surface area is 103 Å². The normalized spacial score (nSPS) is 10.4. The van der Waals surface area contributed by atoms with Crippen molar-refractivity contribution in [2.24, 2.45) is 0 Å². The summed E-state index contributed by atoms with van der Waals surface area (Å²) in [6, 6.07) is 9.75. The molecule has 0 aliphatic heterocycles. The Balaban J connectivity index is 1.85. The maximum Gasteiger partial charge on any atom is 0.119 e. The van der Waals surface area contributed by atoms with Gasteiger partial charge in [-0.15, -0.1) is 0 Å². The van der Waals surface area contributed by atoms with Gasteiger partial charge in [0.05, 0.1) is 19.8 Å². The molecule has 0 aliphatic rings. The summed E-state index contributed by atoms with van der Waals surface area (Å²) in [5.41, 5.74) is 0. The molecule has 0 amide bonds. The summed E-state index contributed by atoms with van der Waals surface area (Å²) in [6.07, 6.45) is 0. The van der Waals surface area contributed by atoms with Gasteiger partial charge in [-0.1, -0.05) is 18.2 Å². The zero-order valence-corrected chi connectivity index (χ0v) is 10.4. The van der Waals surface area contributed by atoms with Gasteiger partial charge in [0, 0.05) is 20.2 Å². The van der Waals surface area contributed by atoms with E-state index in [1.54, 1.807) is 7.11 Å². The van der Waals surface area contributed by atoms with Crippen LogP contribution in [0.5, 0.6) is 5.75 Å². The van der Waals surface area contributed by atoms with Crippen molar-refractivity contribution in [3.8, 4) is 5.75 Å². The van der Waals surface area contributed by atoms with Crippen LogP contribution in [0.3, 0.4) is 0 Å². The van der Waals surface area contributed by atoms with E-state index in [0.29, 0.717) is 19.8 Å². The van der Waals surface area contributed by atoms with Gasteiger partial charge in [0.1, 0.15) is 12.4 Å². The summed E-state index contributed by atoms with van der Waals surface area (Å²) in [7, 11) is 1.69. The van der Waals surface area contributed by atoms with Crippen LogP contribution in [0.15, 0.2) is 30.3 Å². The molecule has 4 nitrogen and oxygen atoms in total. The fraction of sp³-hybridized carbons (Fsp3) is 0.538. The Morgan fingerprint density at radius 1 is 0.941 bits per heavy atom. The summed E-state index contributed by atoms with van der Waals surface area (Å²) in [4.78, 5) is 0. The van der Waals surface area contributed by atoms with E-state index in [1.807, 2.05) is 30.3 Å². The quantitative estimate of drug-likeness (QED) is 0.625. The van der Waals surface area contributed by atoms with Gasteiger partial charge < -0.3 is 19.5 Å². The molecule has 1 aromatic rings. The molecule has 0 atom stereocenters. The largest absolute Gasteiger partial charge is 0.491 e. The summed E-state index contributed by atoms with van der Waals surface area (Å²) in [6.45, 7) is 4.33. The monoisotopic (exact) mass is 239 g/mol. The fourth-order valence-corrected chi connectivity index (χ4v) is 1.28. The second-order valence-electron chi connectivity index (χ2n) is 3.52. The van der Waals surface area contributed by atoms with Crippen LogP contribution >= 0.6 is 0 Å². The number of benzene rings is 1. The standard InChI is InChI=1S/C13H21NO3/c1-15-9-7-14-8-10-16-11-12-17-13-5-3-2-4-6-13/h2-6,14H,7-12H2,1H3. The summed E-state index contributed by atoms with van der Waals surface area (Å²) < 4.78 is 15.8. The van der Waals surface area contributed by atoms with Crippen molar-refractivity contribution in [1.82, 2.24) is 5.32 Å². The van der Waals surface area contributed by atoms with E-state index < -0.39 is 0 Å². The molecule has 0 aromatic heterocycles. The van der Waals surface area contributed by atoms with Crippen LogP contribution in [0.25, 0.3) is 0 Å². The third kappa shape index (κ3) is 7.74. The van der Waals surface area contributed by atoms with Crippen molar-refractivity contribution in [3.63, 3.8) is 0 Å². The van der Waals surface area contributed by atoms with Gasteiger partial charge in [0.15, 0.2) is 0 Å². The number of methoxy groups -OCH3 is 1. The summed E-state index contributed by atoms with van der Waals surface area (Å²) in [5, 5.41) is 3.20. The van der Waals surface area contributed by atoms with E-state index in [2.05, 4.69) is 5.32 Å². The minimum Gasteiger partial charge on any atom is -0.491 e. The van der Waals surface area contributed by atoms with Gasteiger partial charge in [0.2, 0.25) is 0 Å². The molecule has 0 fully saturated rings. The Hall–Kier alpha value is -1.10. The van der Waals surface area contributed by atoms with Gasteiger partial charge in [-0.3, -0.25) is 0 Å². The van der Waals surface area contributed by atoms with E-state index in [-0.39, 0.29) is 0 Å². The van der Waals surface area contributed by atoms with Gasteiger partial charge in [-0.25, -0.2) is 0 Å². The number of hydrogen-bond acceptors (Lipinski definition) is 4. The van der Waals surface area contributed by atoms with E-state index >= 15 is 0 Å². The lowest BCUT2D eigenvalue weighted by molar-refractivity contribution is 0.100. The second kappa shape index (κ2) is 10.1. The molecule has 0 saturated heterocycles. The van der Waals surface area contributed by atoms with E-state index in [1.165, 1.54) is 0 Å². The molecule has 0 saturated carbocycles. The average Bonchev–Trinajstić information content (AvgIpc) is 2.38. The van der Waals surface area contributed by atoms with E-state index in [0.717, 1.165) is 25.4 Å². The first kappa shape index (κ1) is 14.0. The van der Waals surface area contributed by atoms with E-state index in [9.17, 15) is 0 Å². The molecule has 0 spiro atoms. The van der Waals surface area contributed by atoms with Gasteiger partial charge in [-0.2, -0.15) is 0 Å². The van der Waals surface area contributed by atoms with Crippen LogP contribution in [0.1, 0.15) is 0 Å². The van der Waals surface area contributed by atoms with Crippen LogP contribution in [0, 0.1) is 0 Å². The highest BCUT2D eigenvalue weighted by Gasteiger charge is 1.92. The Bertz CT molecular complexity index is 267. The Morgan fingerprint density at radius 3 is 2.47 bits per heavy atom. The highest BCUT2D eigenvalue weighted by atomic mass is 16.5. The second-order valence-corrected chi connectivity index (χ2v) is 3.52. The minimum absolute atomic E-state index is 0.585. The molecule has 17 heavy (non-hydrogen) atoms. The highest BCUT2D eigenvalue weighted by molar-refractivity contribution is 5.20. The predicted octanol–water partition coefficient (Wildman–Crippen LogP) is 1.32. The lowest BCUT2D eigenvalue weighted by Crippen LogP contribution is -2.24. The molecule has 0 bridgehead atoms. The summed E-state index contributed by atoms with van der Waals surface area (Å²) in [5.74, 6) is 0.884. The predicted molar refractivity (Wildman–Crippen MR) is 67.5 cm³/mol. The Morgan fingerprint density at radius 2 is 1.71 bits per heavy atom. The molecule has 96 valence electrons. The van der Waals surface area contributed by atoms with Crippen molar-refractivity contribution < 1.29 is 14.2 Å². The van der Waals surface area contributed by atoms with Crippen LogP contribution in [-0.4, -0.2) is 46.6 Å². The first-order valence-electron chi connectivity index (χ1n) is 5.88. The van der Waals surface area contributed by atoms with Gasteiger partial charge in [-0.05, 0) is 12.1 Å². The maximum absolute atomic E-state index is 5.49. The van der Waals surface area contributed by atoms with Crippen molar-refractivity contribution in [2.75, 3.05) is 46.6 Å². The SMILES string of the molecule is COCCNCCOCCOc1ccccc1. The first-order chi connectivity index (χ1) is 8.43. The number of hydrogen-bond donors (Lipinski definition) is 1. The molecule has 1 rings (SSSR count). The van der Waals surface area contributed by atoms with Crippen LogP contribution < -0.4 is 10.1 Å². The lowest BCUT2D eigenvalue weighted by atomic mass is 10.3. The lowest BCUT2D eigenvalue weighted by Gasteiger charge is -2.07. The molecule has 0 heterocycles. The third-order valence-corrected chi connectivity index (χ3v) is 2.15. The minimum atomic E-state index is 0.585. The molecule has 0 radical (unpaired) electrons. The van der Waals surface area contributed by atoms with Crippen molar-refractivity contribution >= 4 is 0 Å². The topological polar surface area (TPSA) is 39.7 Å². The molecular formula is C13H21NO3. The zero-order chi connectivity index (χ0) is 12.2. The average molecular weight is 239 g/mol. The van der Waals surface area contributed by atoms with Crippen LogP contribution in [0.4, 0.5) is 0 Å². The fourth-order valence-electron chi connectivity index (χ4n) is 1.28. The van der Waals surface area contributed by atoms with Gasteiger partial charge in [0.25, 0.3) is 0 Å². The zero-order valence-electron chi connectivity index (χ0n) is 10.4. The smallest absolute Gasteiger partial charge is 0.119 e. The number of rotatable bonds is 10. The van der Waals surface area contributed by atoms with Crippen molar-refractivity contribution in [1.29, 1.82) is 0 Å². The maximum atomic E-state index is 5.49.